The minimum absolute atomic E-state index is 0.123. The van der Waals surface area contributed by atoms with Crippen LogP contribution in [0, 0.1) is 10.8 Å². The van der Waals surface area contributed by atoms with Gasteiger partial charge in [0.25, 0.3) is 0 Å². The van der Waals surface area contributed by atoms with Crippen LogP contribution >= 0.6 is 11.6 Å². The van der Waals surface area contributed by atoms with Crippen LogP contribution in [0.15, 0.2) is 35.6 Å². The Morgan fingerprint density at radius 2 is 1.69 bits per heavy atom. The molecule has 1 aliphatic carbocycles. The molecule has 5 nitrogen and oxygen atoms in total. The van der Waals surface area contributed by atoms with E-state index in [0.717, 1.165) is 5.57 Å². The van der Waals surface area contributed by atoms with Crippen LogP contribution in [0.3, 0.4) is 0 Å². The summed E-state index contributed by atoms with van der Waals surface area (Å²) in [5.74, 6) is 0.123. The van der Waals surface area contributed by atoms with Gasteiger partial charge >= 0.3 is 0 Å². The number of aromatic nitrogens is 3. The van der Waals surface area contributed by atoms with Crippen LogP contribution in [0.1, 0.15) is 48.0 Å². The van der Waals surface area contributed by atoms with Gasteiger partial charge in [0.2, 0.25) is 0 Å². The minimum atomic E-state index is -1.13. The van der Waals surface area contributed by atoms with Crippen molar-refractivity contribution >= 4 is 28.3 Å². The normalized spacial score (nSPS) is 22.1. The Morgan fingerprint density at radius 3 is 2.27 bits per heavy atom. The Bertz CT molecular complexity index is 929. The highest BCUT2D eigenvalue weighted by Gasteiger charge is 2.45. The molecule has 140 valence electrons. The molecule has 1 atom stereocenters. The smallest absolute Gasteiger partial charge is 0.142 e. The van der Waals surface area contributed by atoms with Gasteiger partial charge in [0, 0.05) is 11.4 Å². The molecule has 1 heterocycles. The quantitative estimate of drug-likeness (QED) is 0.738. The van der Waals surface area contributed by atoms with Crippen molar-refractivity contribution in [1.82, 2.24) is 15.0 Å². The lowest BCUT2D eigenvalue weighted by atomic mass is 9.66. The average Bonchev–Trinajstić information content (AvgIpc) is 2.89. The first kappa shape index (κ1) is 18.9. The van der Waals surface area contributed by atoms with E-state index in [4.69, 9.17) is 11.6 Å². The summed E-state index contributed by atoms with van der Waals surface area (Å²) in [4.78, 5) is 1.39. The fourth-order valence-electron chi connectivity index (χ4n) is 3.10. The maximum Gasteiger partial charge on any atom is 0.142 e. The third-order valence-electron chi connectivity index (χ3n) is 5.11. The second-order valence-electron chi connectivity index (χ2n) is 9.08. The van der Waals surface area contributed by atoms with Gasteiger partial charge in [-0.3, -0.25) is 0 Å². The van der Waals surface area contributed by atoms with E-state index in [-0.39, 0.29) is 11.2 Å². The van der Waals surface area contributed by atoms with Gasteiger partial charge < -0.3 is 10.2 Å². The molecular formula is C20H26ClN3O2. The van der Waals surface area contributed by atoms with E-state index in [0.29, 0.717) is 28.2 Å². The Morgan fingerprint density at radius 1 is 1.08 bits per heavy atom. The zero-order chi connectivity index (χ0) is 19.5. The van der Waals surface area contributed by atoms with E-state index in [1.807, 2.05) is 41.5 Å². The van der Waals surface area contributed by atoms with Crippen molar-refractivity contribution in [2.45, 2.75) is 53.6 Å². The monoisotopic (exact) mass is 375 g/mol. The number of nitrogens with zero attached hydrogens (tertiary/aromatic N) is 3. The highest BCUT2D eigenvalue weighted by molar-refractivity contribution is 6.31. The number of fused-ring (bicyclic) bond motifs is 1. The fraction of sp³-hybridized carbons (Fsp3) is 0.500. The zero-order valence-electron chi connectivity index (χ0n) is 16.1. The first-order chi connectivity index (χ1) is 11.8. The predicted octanol–water partition coefficient (Wildman–Crippen LogP) is 4.96. The number of allylic oxidation sites excluding steroid dienone is 1. The highest BCUT2D eigenvalue weighted by Crippen LogP contribution is 2.47. The molecule has 2 aromatic rings. The number of hydrogen-bond donors (Lipinski definition) is 2. The fourth-order valence-corrected chi connectivity index (χ4v) is 3.27. The van der Waals surface area contributed by atoms with Gasteiger partial charge in [-0.15, -0.1) is 15.0 Å². The van der Waals surface area contributed by atoms with Gasteiger partial charge in [0.15, 0.2) is 0 Å². The summed E-state index contributed by atoms with van der Waals surface area (Å²) in [5.41, 5.74) is 0.620. The number of aliphatic hydroxyl groups is 2. The van der Waals surface area contributed by atoms with E-state index in [1.165, 1.54) is 4.80 Å². The van der Waals surface area contributed by atoms with Gasteiger partial charge in [0.1, 0.15) is 22.5 Å². The van der Waals surface area contributed by atoms with Gasteiger partial charge in [-0.05, 0) is 40.7 Å². The molecule has 0 bridgehead atoms. The van der Waals surface area contributed by atoms with Gasteiger partial charge in [-0.2, -0.15) is 0 Å². The van der Waals surface area contributed by atoms with Crippen molar-refractivity contribution < 1.29 is 10.2 Å². The van der Waals surface area contributed by atoms with Crippen LogP contribution in [-0.2, 0) is 0 Å². The zero-order valence-corrected chi connectivity index (χ0v) is 16.9. The highest BCUT2D eigenvalue weighted by atomic mass is 35.5. The molecule has 0 saturated carbocycles. The summed E-state index contributed by atoms with van der Waals surface area (Å²) in [6, 6.07) is 5.26. The molecule has 1 aromatic carbocycles. The summed E-state index contributed by atoms with van der Waals surface area (Å²) < 4.78 is 0. The lowest BCUT2D eigenvalue weighted by Gasteiger charge is -2.43. The maximum atomic E-state index is 11.4. The SMILES string of the molecule is CC(C)(C)C1=C(O)C(n2nc3ccc(Cl)cc3n2)=CC(O)(C(C)(C)C)C1. The molecule has 0 saturated heterocycles. The van der Waals surface area contributed by atoms with E-state index in [2.05, 4.69) is 10.2 Å². The molecule has 3 rings (SSSR count). The Hall–Kier alpha value is -1.85. The van der Waals surface area contributed by atoms with Gasteiger partial charge in [0.05, 0.1) is 5.60 Å². The molecule has 6 heteroatoms. The molecular weight excluding hydrogens is 350 g/mol. The van der Waals surface area contributed by atoms with Crippen molar-refractivity contribution in [2.75, 3.05) is 0 Å². The third kappa shape index (κ3) is 3.14. The summed E-state index contributed by atoms with van der Waals surface area (Å²) >= 11 is 6.04. The van der Waals surface area contributed by atoms with Crippen LogP contribution in [0.4, 0.5) is 0 Å². The topological polar surface area (TPSA) is 71.2 Å². The van der Waals surface area contributed by atoms with Crippen molar-refractivity contribution in [2.24, 2.45) is 10.8 Å². The van der Waals surface area contributed by atoms with E-state index in [1.54, 1.807) is 24.3 Å². The standard InChI is InChI=1S/C20H26ClN3O2/c1-18(2,3)13-10-20(26,19(4,5)6)11-16(17(13)25)24-22-14-8-7-12(21)9-15(14)23-24/h7-9,11,25-26H,10H2,1-6H3. The number of halogens is 1. The predicted molar refractivity (Wildman–Crippen MR) is 105 cm³/mol. The second-order valence-corrected chi connectivity index (χ2v) is 9.52. The van der Waals surface area contributed by atoms with Gasteiger partial charge in [-0.1, -0.05) is 53.1 Å². The Kier molecular flexibility index (Phi) is 4.24. The first-order valence-electron chi connectivity index (χ1n) is 8.73. The molecule has 1 unspecified atom stereocenters. The van der Waals surface area contributed by atoms with Crippen LogP contribution in [0.5, 0.6) is 0 Å². The molecule has 26 heavy (non-hydrogen) atoms. The van der Waals surface area contributed by atoms with Crippen molar-refractivity contribution in [3.8, 4) is 0 Å². The first-order valence-corrected chi connectivity index (χ1v) is 9.11. The summed E-state index contributed by atoms with van der Waals surface area (Å²) in [6.45, 7) is 12.0. The van der Waals surface area contributed by atoms with Crippen molar-refractivity contribution in [1.29, 1.82) is 0 Å². The molecule has 0 aliphatic heterocycles. The van der Waals surface area contributed by atoms with Crippen LogP contribution in [0.2, 0.25) is 5.02 Å². The largest absolute Gasteiger partial charge is 0.506 e. The molecule has 1 aromatic heterocycles. The number of aliphatic hydroxyl groups excluding tert-OH is 1. The van der Waals surface area contributed by atoms with E-state index < -0.39 is 11.0 Å². The molecule has 2 N–H and O–H groups in total. The Labute approximate surface area is 159 Å². The summed E-state index contributed by atoms with van der Waals surface area (Å²) in [5, 5.41) is 31.9. The van der Waals surface area contributed by atoms with Crippen LogP contribution in [0.25, 0.3) is 16.7 Å². The number of hydrogen-bond acceptors (Lipinski definition) is 4. The summed E-state index contributed by atoms with van der Waals surface area (Å²) in [6.07, 6.45) is 2.04. The minimum Gasteiger partial charge on any atom is -0.506 e. The lowest BCUT2D eigenvalue weighted by molar-refractivity contribution is -0.0189. The molecule has 1 aliphatic rings. The van der Waals surface area contributed by atoms with Crippen LogP contribution < -0.4 is 0 Å². The molecule has 0 radical (unpaired) electrons. The molecule has 0 spiro atoms. The summed E-state index contributed by atoms with van der Waals surface area (Å²) in [7, 11) is 0. The third-order valence-corrected chi connectivity index (χ3v) is 5.35. The van der Waals surface area contributed by atoms with Crippen molar-refractivity contribution in [3.63, 3.8) is 0 Å². The maximum absolute atomic E-state index is 11.4. The van der Waals surface area contributed by atoms with Crippen molar-refractivity contribution in [3.05, 3.63) is 40.6 Å². The van der Waals surface area contributed by atoms with E-state index >= 15 is 0 Å². The number of benzene rings is 1. The van der Waals surface area contributed by atoms with E-state index in [9.17, 15) is 10.2 Å². The lowest BCUT2D eigenvalue weighted by Crippen LogP contribution is -2.45. The molecule has 0 fully saturated rings. The average molecular weight is 376 g/mol. The van der Waals surface area contributed by atoms with Crippen LogP contribution in [-0.4, -0.2) is 30.8 Å². The van der Waals surface area contributed by atoms with Gasteiger partial charge in [-0.25, -0.2) is 0 Å². The number of rotatable bonds is 1. The second kappa shape index (κ2) is 5.83. The molecule has 0 amide bonds. The Balaban J connectivity index is 2.24.